The molecule has 80 valence electrons. The lowest BCUT2D eigenvalue weighted by molar-refractivity contribution is -0.428. The van der Waals surface area contributed by atoms with E-state index in [0.29, 0.717) is 24.0 Å². The van der Waals surface area contributed by atoms with Gasteiger partial charge in [-0.1, -0.05) is 33.1 Å². The Kier molecular flexibility index (Phi) is 4.11. The van der Waals surface area contributed by atoms with E-state index < -0.39 is 0 Å². The number of allylic oxidation sites excluding steroid dienone is 2. The zero-order chi connectivity index (χ0) is 10.6. The largest absolute Gasteiger partial charge is 0.259 e. The third-order valence-electron chi connectivity index (χ3n) is 3.18. The summed E-state index contributed by atoms with van der Waals surface area (Å²) in [4.78, 5) is 10.4. The van der Waals surface area contributed by atoms with E-state index in [2.05, 4.69) is 6.92 Å². The van der Waals surface area contributed by atoms with E-state index in [1.807, 2.05) is 13.0 Å². The Balaban J connectivity index is 2.66. The van der Waals surface area contributed by atoms with E-state index >= 15 is 0 Å². The topological polar surface area (TPSA) is 43.1 Å². The molecule has 0 radical (unpaired) electrons. The minimum absolute atomic E-state index is 0.235. The van der Waals surface area contributed by atoms with Crippen LogP contribution in [0.2, 0.25) is 0 Å². The van der Waals surface area contributed by atoms with Gasteiger partial charge in [0.15, 0.2) is 0 Å². The average molecular weight is 197 g/mol. The summed E-state index contributed by atoms with van der Waals surface area (Å²) >= 11 is 0. The van der Waals surface area contributed by atoms with Crippen LogP contribution in [0, 0.1) is 22.0 Å². The predicted octanol–water partition coefficient (Wildman–Crippen LogP) is 3.38. The van der Waals surface area contributed by atoms with Gasteiger partial charge >= 0.3 is 0 Å². The monoisotopic (exact) mass is 197 g/mol. The van der Waals surface area contributed by atoms with Crippen LogP contribution in [0.15, 0.2) is 11.8 Å². The molecule has 2 atom stereocenters. The van der Waals surface area contributed by atoms with Gasteiger partial charge in [-0.2, -0.15) is 0 Å². The Morgan fingerprint density at radius 3 is 2.64 bits per heavy atom. The minimum atomic E-state index is -0.235. The molecule has 0 aromatic heterocycles. The fourth-order valence-corrected chi connectivity index (χ4v) is 2.15. The van der Waals surface area contributed by atoms with Gasteiger partial charge in [-0.25, -0.2) is 0 Å². The van der Waals surface area contributed by atoms with Crippen molar-refractivity contribution in [1.29, 1.82) is 0 Å². The van der Waals surface area contributed by atoms with E-state index in [1.54, 1.807) is 0 Å². The molecule has 14 heavy (non-hydrogen) atoms. The Morgan fingerprint density at radius 1 is 1.50 bits per heavy atom. The van der Waals surface area contributed by atoms with Gasteiger partial charge in [0.25, 0.3) is 0 Å². The van der Waals surface area contributed by atoms with Crippen LogP contribution in [-0.2, 0) is 0 Å². The molecule has 3 nitrogen and oxygen atoms in total. The molecule has 1 saturated carbocycles. The summed E-state index contributed by atoms with van der Waals surface area (Å²) in [5.41, 5.74) is 0.392. The lowest BCUT2D eigenvalue weighted by Crippen LogP contribution is -2.16. The van der Waals surface area contributed by atoms with Crippen LogP contribution in [0.1, 0.15) is 46.0 Å². The van der Waals surface area contributed by atoms with Crippen LogP contribution < -0.4 is 0 Å². The fraction of sp³-hybridized carbons (Fsp3) is 0.818. The number of rotatable bonds is 3. The summed E-state index contributed by atoms with van der Waals surface area (Å²) in [5.74, 6) is 1.05. The second-order valence-corrected chi connectivity index (χ2v) is 4.19. The van der Waals surface area contributed by atoms with Gasteiger partial charge in [0.1, 0.15) is 0 Å². The zero-order valence-corrected chi connectivity index (χ0v) is 9.03. The third kappa shape index (κ3) is 2.82. The van der Waals surface area contributed by atoms with E-state index in [4.69, 9.17) is 0 Å². The summed E-state index contributed by atoms with van der Waals surface area (Å²) in [6.45, 7) is 4.05. The molecule has 0 aromatic carbocycles. The highest BCUT2D eigenvalue weighted by Crippen LogP contribution is 2.31. The number of hydrogen-bond acceptors (Lipinski definition) is 2. The van der Waals surface area contributed by atoms with Gasteiger partial charge in [-0.05, 0) is 24.3 Å². The summed E-state index contributed by atoms with van der Waals surface area (Å²) in [7, 11) is 0. The maximum atomic E-state index is 10.6. The van der Waals surface area contributed by atoms with Crippen molar-refractivity contribution < 1.29 is 4.92 Å². The number of hydrogen-bond donors (Lipinski definition) is 0. The maximum absolute atomic E-state index is 10.6. The zero-order valence-electron chi connectivity index (χ0n) is 9.03. The van der Waals surface area contributed by atoms with Gasteiger partial charge < -0.3 is 0 Å². The van der Waals surface area contributed by atoms with Gasteiger partial charge in [0.2, 0.25) is 5.70 Å². The maximum Gasteiger partial charge on any atom is 0.242 e. The van der Waals surface area contributed by atoms with Crippen LogP contribution >= 0.6 is 0 Å². The van der Waals surface area contributed by atoms with Crippen molar-refractivity contribution in [3.8, 4) is 0 Å². The Labute approximate surface area is 85.3 Å². The molecule has 3 heteroatoms. The molecule has 0 spiro atoms. The van der Waals surface area contributed by atoms with Crippen molar-refractivity contribution in [3.05, 3.63) is 21.9 Å². The van der Waals surface area contributed by atoms with E-state index in [0.717, 1.165) is 6.42 Å². The van der Waals surface area contributed by atoms with Crippen molar-refractivity contribution in [2.75, 3.05) is 0 Å². The molecule has 0 heterocycles. The first-order valence-corrected chi connectivity index (χ1v) is 5.50. The summed E-state index contributed by atoms with van der Waals surface area (Å²) in [6, 6.07) is 0. The highest BCUT2D eigenvalue weighted by molar-refractivity contribution is 4.97. The van der Waals surface area contributed by atoms with Crippen molar-refractivity contribution in [3.63, 3.8) is 0 Å². The third-order valence-corrected chi connectivity index (χ3v) is 3.18. The van der Waals surface area contributed by atoms with Crippen LogP contribution in [-0.4, -0.2) is 4.92 Å². The summed E-state index contributed by atoms with van der Waals surface area (Å²) in [5, 5.41) is 10.6. The van der Waals surface area contributed by atoms with Crippen LogP contribution in [0.4, 0.5) is 0 Å². The SMILES string of the molecule is CC/C(=C\C1CCCCC1C)[N+](=O)[O-]. The predicted molar refractivity (Wildman–Crippen MR) is 56.5 cm³/mol. The van der Waals surface area contributed by atoms with E-state index in [1.165, 1.54) is 19.3 Å². The van der Waals surface area contributed by atoms with Crippen LogP contribution in [0.5, 0.6) is 0 Å². The van der Waals surface area contributed by atoms with Crippen molar-refractivity contribution >= 4 is 0 Å². The first kappa shape index (κ1) is 11.2. The molecule has 1 fully saturated rings. The highest BCUT2D eigenvalue weighted by Gasteiger charge is 2.22. The van der Waals surface area contributed by atoms with Crippen molar-refractivity contribution in [1.82, 2.24) is 0 Å². The number of nitrogens with zero attached hydrogens (tertiary/aromatic N) is 1. The molecule has 0 aliphatic heterocycles. The second kappa shape index (κ2) is 5.13. The fourth-order valence-electron chi connectivity index (χ4n) is 2.15. The van der Waals surface area contributed by atoms with Gasteiger partial charge in [0.05, 0.1) is 4.92 Å². The molecule has 2 unspecified atom stereocenters. The molecule has 0 amide bonds. The Bertz CT molecular complexity index is 235. The lowest BCUT2D eigenvalue weighted by atomic mass is 9.80. The Hall–Kier alpha value is -0.860. The van der Waals surface area contributed by atoms with Crippen molar-refractivity contribution in [2.45, 2.75) is 46.0 Å². The van der Waals surface area contributed by atoms with Gasteiger partial charge in [-0.15, -0.1) is 0 Å². The van der Waals surface area contributed by atoms with E-state index in [9.17, 15) is 10.1 Å². The average Bonchev–Trinajstić information content (AvgIpc) is 2.16. The van der Waals surface area contributed by atoms with Crippen LogP contribution in [0.3, 0.4) is 0 Å². The first-order valence-electron chi connectivity index (χ1n) is 5.50. The minimum Gasteiger partial charge on any atom is -0.259 e. The second-order valence-electron chi connectivity index (χ2n) is 4.19. The smallest absolute Gasteiger partial charge is 0.242 e. The molecule has 0 aromatic rings. The normalized spacial score (nSPS) is 28.9. The van der Waals surface area contributed by atoms with Crippen molar-refractivity contribution in [2.24, 2.45) is 11.8 Å². The molecule has 1 aliphatic rings. The highest BCUT2D eigenvalue weighted by atomic mass is 16.6. The molecule has 1 rings (SSSR count). The summed E-state index contributed by atoms with van der Waals surface area (Å²) in [6.07, 6.45) is 7.28. The quantitative estimate of drug-likeness (QED) is 0.514. The standard InChI is InChI=1S/C11H19NO2/c1-3-11(12(13)14)8-10-7-5-4-6-9(10)2/h8-10H,3-7H2,1-2H3/b11-8+. The number of nitro groups is 1. The first-order chi connectivity index (χ1) is 6.65. The molecule has 1 aliphatic carbocycles. The summed E-state index contributed by atoms with van der Waals surface area (Å²) < 4.78 is 0. The van der Waals surface area contributed by atoms with Crippen LogP contribution in [0.25, 0.3) is 0 Å². The Morgan fingerprint density at radius 2 is 2.14 bits per heavy atom. The molecule has 0 saturated heterocycles. The molecular weight excluding hydrogens is 178 g/mol. The molecular formula is C11H19NO2. The van der Waals surface area contributed by atoms with Gasteiger partial charge in [-0.3, -0.25) is 10.1 Å². The lowest BCUT2D eigenvalue weighted by Gasteiger charge is -2.25. The molecule has 0 N–H and O–H groups in total. The molecule has 0 bridgehead atoms. The van der Waals surface area contributed by atoms with E-state index in [-0.39, 0.29) is 4.92 Å². The van der Waals surface area contributed by atoms with Gasteiger partial charge in [0, 0.05) is 6.42 Å².